The van der Waals surface area contributed by atoms with Gasteiger partial charge in [-0.3, -0.25) is 18.0 Å². The van der Waals surface area contributed by atoms with Crippen LogP contribution in [0.1, 0.15) is 0 Å². The van der Waals surface area contributed by atoms with Gasteiger partial charge in [-0.2, -0.15) is 0 Å². The molecule has 0 N–H and O–H groups in total. The summed E-state index contributed by atoms with van der Waals surface area (Å²) in [5.74, 6) is -1.90. The number of hydrogen-bond acceptors (Lipinski definition) is 6. The molecule has 2 unspecified atom stereocenters. The van der Waals surface area contributed by atoms with Crippen molar-refractivity contribution in [2.24, 2.45) is 0 Å². The first-order valence-corrected chi connectivity index (χ1v) is 6.80. The second kappa shape index (κ2) is 7.52. The van der Waals surface area contributed by atoms with Gasteiger partial charge < -0.3 is 9.47 Å². The van der Waals surface area contributed by atoms with Crippen molar-refractivity contribution in [3.63, 3.8) is 0 Å². The van der Waals surface area contributed by atoms with Crippen LogP contribution in [0, 0.1) is 0 Å². The van der Waals surface area contributed by atoms with E-state index in [2.05, 4.69) is 9.47 Å². The average molecular weight is 256 g/mol. The number of ether oxygens (including phenoxy) is 2. The number of rotatable bonds is 6. The number of methoxy groups -OCH3 is 2. The highest BCUT2D eigenvalue weighted by Gasteiger charge is 2.14. The van der Waals surface area contributed by atoms with Gasteiger partial charge in [0, 0.05) is 21.6 Å². The molecular weight excluding hydrogens is 244 g/mol. The lowest BCUT2D eigenvalue weighted by atomic mass is 10.8. The van der Waals surface area contributed by atoms with Crippen LogP contribution in [0.5, 0.6) is 0 Å². The first-order valence-electron chi connectivity index (χ1n) is 3.83. The molecular formula is C7H12O6S2. The second-order valence-electron chi connectivity index (χ2n) is 2.44. The zero-order valence-electron chi connectivity index (χ0n) is 8.39. The van der Waals surface area contributed by atoms with Crippen LogP contribution in [0.3, 0.4) is 0 Å². The van der Waals surface area contributed by atoms with E-state index in [1.54, 1.807) is 0 Å². The van der Waals surface area contributed by atoms with Crippen molar-refractivity contribution in [3.05, 3.63) is 0 Å². The van der Waals surface area contributed by atoms with Gasteiger partial charge in [0.2, 0.25) is 0 Å². The maximum atomic E-state index is 11.2. The van der Waals surface area contributed by atoms with Crippen LogP contribution in [-0.4, -0.2) is 51.2 Å². The van der Waals surface area contributed by atoms with Gasteiger partial charge >= 0.3 is 11.9 Å². The lowest BCUT2D eigenvalue weighted by molar-refractivity contribution is -0.138. The lowest BCUT2D eigenvalue weighted by Gasteiger charge is -2.01. The Morgan fingerprint density at radius 1 is 0.933 bits per heavy atom. The molecule has 6 nitrogen and oxygen atoms in total. The average Bonchev–Trinajstić information content (AvgIpc) is 2.16. The van der Waals surface area contributed by atoms with E-state index in [0.717, 1.165) is 0 Å². The minimum Gasteiger partial charge on any atom is -0.468 e. The first kappa shape index (κ1) is 14.2. The van der Waals surface area contributed by atoms with Crippen molar-refractivity contribution in [2.45, 2.75) is 0 Å². The summed E-state index contributed by atoms with van der Waals surface area (Å²) in [7, 11) is -0.819. The molecule has 0 aliphatic carbocycles. The number of hydrogen-bond donors (Lipinski definition) is 0. The molecule has 88 valence electrons. The summed E-state index contributed by atoms with van der Waals surface area (Å²) in [6, 6.07) is 0. The predicted molar refractivity (Wildman–Crippen MR) is 54.9 cm³/mol. The molecule has 0 aromatic heterocycles. The minimum atomic E-state index is -1.58. The van der Waals surface area contributed by atoms with Crippen LogP contribution in [0.25, 0.3) is 0 Å². The van der Waals surface area contributed by atoms with E-state index < -0.39 is 33.5 Å². The monoisotopic (exact) mass is 256 g/mol. The van der Waals surface area contributed by atoms with Crippen LogP contribution in [0.4, 0.5) is 0 Å². The third-order valence-corrected chi connectivity index (χ3v) is 4.49. The Morgan fingerprint density at radius 2 is 1.27 bits per heavy atom. The van der Waals surface area contributed by atoms with Crippen molar-refractivity contribution in [3.8, 4) is 0 Å². The fraction of sp³-hybridized carbons (Fsp3) is 0.714. The van der Waals surface area contributed by atoms with Gasteiger partial charge in [0.15, 0.2) is 0 Å². The van der Waals surface area contributed by atoms with E-state index in [-0.39, 0.29) is 16.6 Å². The molecule has 2 atom stereocenters. The summed E-state index contributed by atoms with van der Waals surface area (Å²) in [5, 5.41) is -0.232. The van der Waals surface area contributed by atoms with E-state index in [0.29, 0.717) is 0 Å². The van der Waals surface area contributed by atoms with E-state index in [1.165, 1.54) is 14.2 Å². The Labute approximate surface area is 92.2 Å². The molecule has 0 heterocycles. The quantitative estimate of drug-likeness (QED) is 0.554. The first-order chi connectivity index (χ1) is 6.99. The largest absolute Gasteiger partial charge is 0.468 e. The summed E-state index contributed by atoms with van der Waals surface area (Å²) in [6.45, 7) is 0. The van der Waals surface area contributed by atoms with E-state index >= 15 is 0 Å². The van der Waals surface area contributed by atoms with Crippen molar-refractivity contribution in [1.29, 1.82) is 0 Å². The highest BCUT2D eigenvalue weighted by molar-refractivity contribution is 8.02. The number of carbonyl (C=O) groups is 2. The van der Waals surface area contributed by atoms with E-state index in [4.69, 9.17) is 0 Å². The van der Waals surface area contributed by atoms with Crippen molar-refractivity contribution >= 4 is 33.5 Å². The Balaban J connectivity index is 3.92. The summed E-state index contributed by atoms with van der Waals surface area (Å²) >= 11 is 0. The van der Waals surface area contributed by atoms with Gasteiger partial charge in [-0.25, -0.2) is 0 Å². The Kier molecular flexibility index (Phi) is 7.14. The Hall–Kier alpha value is -0.760. The maximum Gasteiger partial charge on any atom is 0.318 e. The van der Waals surface area contributed by atoms with Crippen LogP contribution in [0.15, 0.2) is 0 Å². The van der Waals surface area contributed by atoms with Crippen LogP contribution in [-0.2, 0) is 40.7 Å². The number of esters is 2. The number of carbonyl (C=O) groups excluding carboxylic acids is 2. The molecule has 0 spiro atoms. The summed E-state index contributed by atoms with van der Waals surface area (Å²) in [6.07, 6.45) is 0. The molecule has 0 radical (unpaired) electrons. The minimum absolute atomic E-state index is 0.232. The molecule has 0 aromatic rings. The van der Waals surface area contributed by atoms with Gasteiger partial charge in [0.25, 0.3) is 0 Å². The molecule has 0 saturated heterocycles. The zero-order valence-corrected chi connectivity index (χ0v) is 10.0. The molecule has 0 fully saturated rings. The molecule has 0 aliphatic rings. The predicted octanol–water partition coefficient (Wildman–Crippen LogP) is -1.21. The Bertz CT molecular complexity index is 259. The van der Waals surface area contributed by atoms with Crippen molar-refractivity contribution < 1.29 is 27.5 Å². The highest BCUT2D eigenvalue weighted by atomic mass is 32.2. The second-order valence-corrected chi connectivity index (χ2v) is 5.72. The molecule has 0 rings (SSSR count). The third kappa shape index (κ3) is 7.20. The SMILES string of the molecule is COC(=O)CS(=O)CS(=O)CC(=O)OC. The van der Waals surface area contributed by atoms with Crippen LogP contribution >= 0.6 is 0 Å². The summed E-state index contributed by atoms with van der Waals surface area (Å²) in [4.78, 5) is 21.4. The molecule has 0 amide bonds. The highest BCUT2D eigenvalue weighted by Crippen LogP contribution is 1.92. The van der Waals surface area contributed by atoms with E-state index in [9.17, 15) is 18.0 Å². The smallest absolute Gasteiger partial charge is 0.318 e. The van der Waals surface area contributed by atoms with Gasteiger partial charge in [-0.1, -0.05) is 0 Å². The van der Waals surface area contributed by atoms with Crippen molar-refractivity contribution in [1.82, 2.24) is 0 Å². The Morgan fingerprint density at radius 3 is 1.53 bits per heavy atom. The molecule has 0 bridgehead atoms. The van der Waals surface area contributed by atoms with Gasteiger partial charge in [0.05, 0.1) is 14.2 Å². The van der Waals surface area contributed by atoms with Crippen LogP contribution in [0.2, 0.25) is 0 Å². The summed E-state index contributed by atoms with van der Waals surface area (Å²) < 4.78 is 30.9. The molecule has 15 heavy (non-hydrogen) atoms. The van der Waals surface area contributed by atoms with Gasteiger partial charge in [-0.15, -0.1) is 0 Å². The normalized spacial score (nSPS) is 14.0. The topological polar surface area (TPSA) is 86.7 Å². The lowest BCUT2D eigenvalue weighted by Crippen LogP contribution is -2.20. The molecule has 0 saturated carbocycles. The van der Waals surface area contributed by atoms with Crippen LogP contribution < -0.4 is 0 Å². The third-order valence-electron chi connectivity index (χ3n) is 1.28. The van der Waals surface area contributed by atoms with Gasteiger partial charge in [0.1, 0.15) is 16.6 Å². The molecule has 0 aliphatic heterocycles. The standard InChI is InChI=1S/C7H12O6S2/c1-12-6(8)3-14(10)5-15(11)4-7(9)13-2/h3-5H2,1-2H3. The maximum absolute atomic E-state index is 11.2. The van der Waals surface area contributed by atoms with E-state index in [1.807, 2.05) is 0 Å². The summed E-state index contributed by atoms with van der Waals surface area (Å²) in [5.41, 5.74) is 0. The van der Waals surface area contributed by atoms with Gasteiger partial charge in [-0.05, 0) is 0 Å². The fourth-order valence-corrected chi connectivity index (χ4v) is 3.21. The molecule has 8 heteroatoms. The zero-order chi connectivity index (χ0) is 11.8. The molecule has 0 aromatic carbocycles. The van der Waals surface area contributed by atoms with Crippen molar-refractivity contribution in [2.75, 3.05) is 30.8 Å². The fourth-order valence-electron chi connectivity index (χ4n) is 0.611.